The van der Waals surface area contributed by atoms with Gasteiger partial charge in [-0.25, -0.2) is 0 Å². The molecule has 2 saturated heterocycles. The molecule has 26 heavy (non-hydrogen) atoms. The van der Waals surface area contributed by atoms with Crippen LogP contribution in [0.3, 0.4) is 0 Å². The minimum Gasteiger partial charge on any atom is -0.434 e. The van der Waals surface area contributed by atoms with E-state index in [1.807, 2.05) is 11.0 Å². The summed E-state index contributed by atoms with van der Waals surface area (Å²) in [6.07, 6.45) is 2.70. The van der Waals surface area contributed by atoms with Gasteiger partial charge < -0.3 is 14.4 Å². The molecule has 1 aromatic carbocycles. The first-order chi connectivity index (χ1) is 12.5. The normalized spacial score (nSPS) is 24.0. The van der Waals surface area contributed by atoms with Gasteiger partial charge in [-0.3, -0.25) is 9.69 Å². The first-order valence-electron chi connectivity index (χ1n) is 9.07. The van der Waals surface area contributed by atoms with Crippen LogP contribution in [-0.4, -0.2) is 62.2 Å². The zero-order chi connectivity index (χ0) is 18.6. The highest BCUT2D eigenvalue weighted by Crippen LogP contribution is 2.40. The number of para-hydroxylation sites is 1. The van der Waals surface area contributed by atoms with Crippen LogP contribution in [0.25, 0.3) is 0 Å². The maximum Gasteiger partial charge on any atom is 0.387 e. The van der Waals surface area contributed by atoms with Crippen molar-refractivity contribution in [2.75, 3.05) is 39.9 Å². The summed E-state index contributed by atoms with van der Waals surface area (Å²) in [6, 6.07) is 6.87. The number of hydrogen-bond acceptors (Lipinski definition) is 4. The number of nitrogens with zero attached hydrogens (tertiary/aromatic N) is 2. The molecule has 0 aromatic heterocycles. The Hall–Kier alpha value is -1.73. The van der Waals surface area contributed by atoms with Crippen molar-refractivity contribution >= 4 is 5.91 Å². The zero-order valence-electron chi connectivity index (χ0n) is 15.1. The molecular weight excluding hydrogens is 342 g/mol. The van der Waals surface area contributed by atoms with Crippen LogP contribution < -0.4 is 4.74 Å². The SMILES string of the molecule is COCCN1CCCC2(CCN(Cc3ccccc3OC(F)F)C2)C1=O. The van der Waals surface area contributed by atoms with Crippen molar-refractivity contribution in [3.63, 3.8) is 0 Å². The fraction of sp³-hybridized carbons (Fsp3) is 0.632. The second-order valence-corrected chi connectivity index (χ2v) is 7.12. The molecule has 2 aliphatic rings. The van der Waals surface area contributed by atoms with Gasteiger partial charge in [0.25, 0.3) is 0 Å². The molecule has 0 radical (unpaired) electrons. The van der Waals surface area contributed by atoms with Crippen LogP contribution in [-0.2, 0) is 16.1 Å². The minimum atomic E-state index is -2.84. The molecule has 0 bridgehead atoms. The third kappa shape index (κ3) is 4.15. The smallest absolute Gasteiger partial charge is 0.387 e. The summed E-state index contributed by atoms with van der Waals surface area (Å²) in [5, 5.41) is 0. The molecule has 2 heterocycles. The molecule has 0 saturated carbocycles. The van der Waals surface area contributed by atoms with E-state index in [2.05, 4.69) is 9.64 Å². The first-order valence-corrected chi connectivity index (χ1v) is 9.07. The van der Waals surface area contributed by atoms with Crippen LogP contribution in [0.4, 0.5) is 8.78 Å². The van der Waals surface area contributed by atoms with Gasteiger partial charge in [-0.2, -0.15) is 8.78 Å². The van der Waals surface area contributed by atoms with Crippen molar-refractivity contribution in [2.45, 2.75) is 32.4 Å². The van der Waals surface area contributed by atoms with Crippen LogP contribution >= 0.6 is 0 Å². The highest BCUT2D eigenvalue weighted by molar-refractivity contribution is 5.84. The predicted octanol–water partition coefficient (Wildman–Crippen LogP) is 2.75. The third-order valence-electron chi connectivity index (χ3n) is 5.41. The monoisotopic (exact) mass is 368 g/mol. The largest absolute Gasteiger partial charge is 0.434 e. The Labute approximate surface area is 152 Å². The maximum absolute atomic E-state index is 13.0. The number of alkyl halides is 2. The summed E-state index contributed by atoms with van der Waals surface area (Å²) in [5.41, 5.74) is 0.383. The molecule has 1 atom stereocenters. The molecular formula is C19H26F2N2O3. The summed E-state index contributed by atoms with van der Waals surface area (Å²) in [7, 11) is 1.64. The van der Waals surface area contributed by atoms with E-state index in [0.29, 0.717) is 26.2 Å². The molecule has 1 spiro atoms. The van der Waals surface area contributed by atoms with Gasteiger partial charge in [-0.15, -0.1) is 0 Å². The van der Waals surface area contributed by atoms with Crippen LogP contribution in [0, 0.1) is 5.41 Å². The molecule has 0 N–H and O–H groups in total. The molecule has 1 amide bonds. The predicted molar refractivity (Wildman–Crippen MR) is 93.1 cm³/mol. The van der Waals surface area contributed by atoms with Crippen molar-refractivity contribution in [1.29, 1.82) is 0 Å². The molecule has 144 valence electrons. The number of ether oxygens (including phenoxy) is 2. The van der Waals surface area contributed by atoms with E-state index in [1.165, 1.54) is 0 Å². The van der Waals surface area contributed by atoms with Gasteiger partial charge in [0.15, 0.2) is 0 Å². The standard InChI is InChI=1S/C19H26F2N2O3/c1-25-12-11-23-9-4-7-19(17(23)24)8-10-22(14-19)13-15-5-2-3-6-16(15)26-18(20)21/h2-3,5-6,18H,4,7-14H2,1H3. The number of methoxy groups -OCH3 is 1. The average Bonchev–Trinajstić information content (AvgIpc) is 3.01. The lowest BCUT2D eigenvalue weighted by Crippen LogP contribution is -2.50. The number of halogens is 2. The Bertz CT molecular complexity index is 629. The highest BCUT2D eigenvalue weighted by Gasteiger charge is 2.48. The quantitative estimate of drug-likeness (QED) is 0.742. The van der Waals surface area contributed by atoms with Crippen LogP contribution in [0.1, 0.15) is 24.8 Å². The number of amides is 1. The van der Waals surface area contributed by atoms with E-state index >= 15 is 0 Å². The van der Waals surface area contributed by atoms with Crippen LogP contribution in [0.2, 0.25) is 0 Å². The molecule has 2 aliphatic heterocycles. The summed E-state index contributed by atoms with van der Waals surface area (Å²) < 4.78 is 34.9. The Kier molecular flexibility index (Phi) is 6.09. The van der Waals surface area contributed by atoms with Gasteiger partial charge >= 0.3 is 6.61 Å². The van der Waals surface area contributed by atoms with Crippen molar-refractivity contribution in [3.8, 4) is 5.75 Å². The molecule has 7 heteroatoms. The first kappa shape index (κ1) is 19.0. The Morgan fingerprint density at radius 2 is 2.04 bits per heavy atom. The van der Waals surface area contributed by atoms with Gasteiger partial charge in [0, 0.05) is 38.9 Å². The van der Waals surface area contributed by atoms with Gasteiger partial charge in [0.05, 0.1) is 12.0 Å². The number of carbonyl (C=O) groups is 1. The van der Waals surface area contributed by atoms with Gasteiger partial charge in [0.1, 0.15) is 5.75 Å². The summed E-state index contributed by atoms with van der Waals surface area (Å²) >= 11 is 0. The summed E-state index contributed by atoms with van der Waals surface area (Å²) in [4.78, 5) is 17.1. The Morgan fingerprint density at radius 1 is 1.23 bits per heavy atom. The Morgan fingerprint density at radius 3 is 2.81 bits per heavy atom. The lowest BCUT2D eigenvalue weighted by Gasteiger charge is -2.39. The number of hydrogen-bond donors (Lipinski definition) is 0. The highest BCUT2D eigenvalue weighted by atomic mass is 19.3. The van der Waals surface area contributed by atoms with Gasteiger partial charge in [-0.05, 0) is 31.9 Å². The van der Waals surface area contributed by atoms with E-state index < -0.39 is 6.61 Å². The van der Waals surface area contributed by atoms with Crippen molar-refractivity contribution < 1.29 is 23.0 Å². The zero-order valence-corrected chi connectivity index (χ0v) is 15.1. The molecule has 2 fully saturated rings. The lowest BCUT2D eigenvalue weighted by atomic mass is 9.78. The van der Waals surface area contributed by atoms with E-state index in [4.69, 9.17) is 4.74 Å². The maximum atomic E-state index is 13.0. The minimum absolute atomic E-state index is 0.208. The van der Waals surface area contributed by atoms with E-state index in [1.54, 1.807) is 25.3 Å². The van der Waals surface area contributed by atoms with Crippen LogP contribution in [0.15, 0.2) is 24.3 Å². The summed E-state index contributed by atoms with van der Waals surface area (Å²) in [6.45, 7) is 1.08. The number of likely N-dealkylation sites (tertiary alicyclic amines) is 2. The second-order valence-electron chi connectivity index (χ2n) is 7.12. The van der Waals surface area contributed by atoms with Crippen molar-refractivity contribution in [3.05, 3.63) is 29.8 Å². The lowest BCUT2D eigenvalue weighted by molar-refractivity contribution is -0.146. The second kappa shape index (κ2) is 8.31. The molecule has 5 nitrogen and oxygen atoms in total. The van der Waals surface area contributed by atoms with Gasteiger partial charge in [0.2, 0.25) is 5.91 Å². The molecule has 0 aliphatic carbocycles. The number of piperidine rings is 1. The topological polar surface area (TPSA) is 42.0 Å². The number of carbonyl (C=O) groups excluding carboxylic acids is 1. The number of benzene rings is 1. The molecule has 1 aromatic rings. The number of rotatable bonds is 7. The third-order valence-corrected chi connectivity index (χ3v) is 5.41. The van der Waals surface area contributed by atoms with E-state index in [-0.39, 0.29) is 17.1 Å². The summed E-state index contributed by atoms with van der Waals surface area (Å²) in [5.74, 6) is 0.417. The van der Waals surface area contributed by atoms with Crippen LogP contribution in [0.5, 0.6) is 5.75 Å². The fourth-order valence-electron chi connectivity index (χ4n) is 4.13. The fourth-order valence-corrected chi connectivity index (χ4v) is 4.13. The van der Waals surface area contributed by atoms with Crippen molar-refractivity contribution in [1.82, 2.24) is 9.80 Å². The molecule has 3 rings (SSSR count). The van der Waals surface area contributed by atoms with Gasteiger partial charge in [-0.1, -0.05) is 18.2 Å². The molecule has 1 unspecified atom stereocenters. The Balaban J connectivity index is 1.66. The van der Waals surface area contributed by atoms with E-state index in [0.717, 1.165) is 37.9 Å². The average molecular weight is 368 g/mol. The van der Waals surface area contributed by atoms with E-state index in [9.17, 15) is 13.6 Å². The van der Waals surface area contributed by atoms with Crippen molar-refractivity contribution in [2.24, 2.45) is 5.41 Å².